The summed E-state index contributed by atoms with van der Waals surface area (Å²) in [5.41, 5.74) is -0.760. The Morgan fingerprint density at radius 3 is 2.14 bits per heavy atom. The van der Waals surface area contributed by atoms with Crippen LogP contribution in [0.3, 0.4) is 0 Å². The van der Waals surface area contributed by atoms with Crippen molar-refractivity contribution in [3.05, 3.63) is 0 Å². The minimum atomic E-state index is -0.760. The summed E-state index contributed by atoms with van der Waals surface area (Å²) in [6, 6.07) is -0.286. The molecule has 0 saturated carbocycles. The number of piperazine rings is 1. The predicted molar refractivity (Wildman–Crippen MR) is 86.0 cm³/mol. The first kappa shape index (κ1) is 18.0. The Labute approximate surface area is 129 Å². The van der Waals surface area contributed by atoms with Crippen molar-refractivity contribution < 1.29 is 9.59 Å². The van der Waals surface area contributed by atoms with E-state index in [1.165, 1.54) is 32.1 Å². The summed E-state index contributed by atoms with van der Waals surface area (Å²) in [7, 11) is 0. The second kappa shape index (κ2) is 8.40. The minimum Gasteiger partial charge on any atom is -0.340 e. The fourth-order valence-corrected chi connectivity index (χ4v) is 2.99. The van der Waals surface area contributed by atoms with Gasteiger partial charge in [-0.05, 0) is 26.7 Å². The molecule has 1 saturated heterocycles. The lowest BCUT2D eigenvalue weighted by molar-refractivity contribution is -0.153. The Bertz CT molecular complexity index is 353. The first-order valence-electron chi connectivity index (χ1n) is 8.57. The topological polar surface area (TPSA) is 49.4 Å². The number of nitrogens with zero attached hydrogens (tertiary/aromatic N) is 1. The van der Waals surface area contributed by atoms with E-state index >= 15 is 0 Å². The Hall–Kier alpha value is -1.06. The van der Waals surface area contributed by atoms with Crippen molar-refractivity contribution in [2.24, 2.45) is 0 Å². The Kier molecular flexibility index (Phi) is 7.20. The molecule has 4 nitrogen and oxygen atoms in total. The molecule has 1 N–H and O–H groups in total. The molecule has 1 aliphatic rings. The summed E-state index contributed by atoms with van der Waals surface area (Å²) in [6.07, 6.45) is 9.24. The van der Waals surface area contributed by atoms with Gasteiger partial charge < -0.3 is 10.2 Å². The zero-order chi connectivity index (χ0) is 15.9. The van der Waals surface area contributed by atoms with E-state index in [4.69, 9.17) is 0 Å². The number of amides is 2. The maximum atomic E-state index is 12.5. The van der Waals surface area contributed by atoms with Crippen LogP contribution in [-0.4, -0.2) is 34.8 Å². The molecule has 122 valence electrons. The summed E-state index contributed by atoms with van der Waals surface area (Å²) in [4.78, 5) is 26.4. The largest absolute Gasteiger partial charge is 0.340 e. The van der Waals surface area contributed by atoms with Crippen molar-refractivity contribution in [3.8, 4) is 0 Å². The first-order chi connectivity index (χ1) is 9.94. The van der Waals surface area contributed by atoms with Gasteiger partial charge in [0.15, 0.2) is 0 Å². The molecule has 0 spiro atoms. The average molecular weight is 296 g/mol. The highest BCUT2D eigenvalue weighted by Gasteiger charge is 2.43. The van der Waals surface area contributed by atoms with Gasteiger partial charge in [0.2, 0.25) is 11.8 Å². The smallest absolute Gasteiger partial charge is 0.248 e. The van der Waals surface area contributed by atoms with Crippen LogP contribution in [0.4, 0.5) is 0 Å². The van der Waals surface area contributed by atoms with Gasteiger partial charge in [0, 0.05) is 6.54 Å². The molecular weight excluding hydrogens is 264 g/mol. The summed E-state index contributed by atoms with van der Waals surface area (Å²) >= 11 is 0. The second-order valence-electron chi connectivity index (χ2n) is 6.66. The fourth-order valence-electron chi connectivity index (χ4n) is 2.99. The van der Waals surface area contributed by atoms with Gasteiger partial charge in [-0.3, -0.25) is 9.59 Å². The van der Waals surface area contributed by atoms with E-state index < -0.39 is 5.54 Å². The molecule has 0 bridgehead atoms. The molecule has 1 atom stereocenters. The highest BCUT2D eigenvalue weighted by Crippen LogP contribution is 2.20. The van der Waals surface area contributed by atoms with Crippen LogP contribution in [0.25, 0.3) is 0 Å². The van der Waals surface area contributed by atoms with Crippen LogP contribution >= 0.6 is 0 Å². The average Bonchev–Trinajstić information content (AvgIpc) is 2.42. The third-order valence-electron chi connectivity index (χ3n) is 4.30. The molecule has 0 aromatic carbocycles. The van der Waals surface area contributed by atoms with Crippen molar-refractivity contribution in [1.29, 1.82) is 0 Å². The predicted octanol–water partition coefficient (Wildman–Crippen LogP) is 3.25. The van der Waals surface area contributed by atoms with E-state index in [9.17, 15) is 9.59 Å². The Morgan fingerprint density at radius 2 is 1.57 bits per heavy atom. The van der Waals surface area contributed by atoms with Gasteiger partial charge in [0.05, 0.1) is 0 Å². The summed E-state index contributed by atoms with van der Waals surface area (Å²) in [5, 5.41) is 2.83. The lowest BCUT2D eigenvalue weighted by Crippen LogP contribution is -2.68. The van der Waals surface area contributed by atoms with Gasteiger partial charge in [0.1, 0.15) is 11.6 Å². The molecule has 0 aromatic rings. The molecule has 21 heavy (non-hydrogen) atoms. The third-order valence-corrected chi connectivity index (χ3v) is 4.30. The third kappa shape index (κ3) is 5.01. The lowest BCUT2D eigenvalue weighted by atomic mass is 9.95. The summed E-state index contributed by atoms with van der Waals surface area (Å²) in [6.45, 7) is 8.48. The molecule has 1 aliphatic heterocycles. The zero-order valence-electron chi connectivity index (χ0n) is 14.2. The molecule has 2 amide bonds. The van der Waals surface area contributed by atoms with Gasteiger partial charge in [0.25, 0.3) is 0 Å². The monoisotopic (exact) mass is 296 g/mol. The standard InChI is InChI=1S/C17H32N2O2/c1-5-7-8-9-10-11-12-13-19-14(6-2)15(20)18-17(3,4)16(19)21/h14H,5-13H2,1-4H3,(H,18,20). The minimum absolute atomic E-state index is 0.00922. The molecular formula is C17H32N2O2. The zero-order valence-corrected chi connectivity index (χ0v) is 14.2. The van der Waals surface area contributed by atoms with E-state index in [-0.39, 0.29) is 17.9 Å². The van der Waals surface area contributed by atoms with Crippen molar-refractivity contribution in [1.82, 2.24) is 10.2 Å². The van der Waals surface area contributed by atoms with Crippen LogP contribution in [-0.2, 0) is 9.59 Å². The summed E-state index contributed by atoms with van der Waals surface area (Å²) in [5.74, 6) is 0.0463. The van der Waals surface area contributed by atoms with Gasteiger partial charge in [-0.2, -0.15) is 0 Å². The maximum absolute atomic E-state index is 12.5. The van der Waals surface area contributed by atoms with Gasteiger partial charge in [-0.15, -0.1) is 0 Å². The second-order valence-corrected chi connectivity index (χ2v) is 6.66. The van der Waals surface area contributed by atoms with Crippen LogP contribution in [0.15, 0.2) is 0 Å². The van der Waals surface area contributed by atoms with Crippen LogP contribution in [0, 0.1) is 0 Å². The first-order valence-corrected chi connectivity index (χ1v) is 8.57. The number of carbonyl (C=O) groups is 2. The molecule has 1 fully saturated rings. The number of hydrogen-bond donors (Lipinski definition) is 1. The van der Waals surface area contributed by atoms with E-state index in [2.05, 4.69) is 12.2 Å². The Morgan fingerprint density at radius 1 is 1.00 bits per heavy atom. The molecule has 0 radical (unpaired) electrons. The summed E-state index contributed by atoms with van der Waals surface area (Å²) < 4.78 is 0. The fraction of sp³-hybridized carbons (Fsp3) is 0.882. The van der Waals surface area contributed by atoms with Gasteiger partial charge in [-0.25, -0.2) is 0 Å². The van der Waals surface area contributed by atoms with Crippen molar-refractivity contribution in [3.63, 3.8) is 0 Å². The van der Waals surface area contributed by atoms with Crippen LogP contribution < -0.4 is 5.32 Å². The number of nitrogens with one attached hydrogen (secondary N) is 1. The van der Waals surface area contributed by atoms with Gasteiger partial charge >= 0.3 is 0 Å². The highest BCUT2D eigenvalue weighted by atomic mass is 16.2. The van der Waals surface area contributed by atoms with Crippen LogP contribution in [0.2, 0.25) is 0 Å². The van der Waals surface area contributed by atoms with E-state index in [1.807, 2.05) is 6.92 Å². The Balaban J connectivity index is 2.42. The van der Waals surface area contributed by atoms with Crippen molar-refractivity contribution in [2.75, 3.05) is 6.54 Å². The molecule has 1 unspecified atom stereocenters. The SMILES string of the molecule is CCCCCCCCCN1C(=O)C(C)(C)NC(=O)C1CC. The number of unbranched alkanes of at least 4 members (excludes halogenated alkanes) is 6. The lowest BCUT2D eigenvalue weighted by Gasteiger charge is -2.42. The maximum Gasteiger partial charge on any atom is 0.248 e. The normalized spacial score (nSPS) is 21.5. The molecule has 1 heterocycles. The number of hydrogen-bond acceptors (Lipinski definition) is 2. The molecule has 0 aromatic heterocycles. The van der Waals surface area contributed by atoms with E-state index in [0.29, 0.717) is 13.0 Å². The van der Waals surface area contributed by atoms with Crippen LogP contribution in [0.5, 0.6) is 0 Å². The molecule has 0 aliphatic carbocycles. The van der Waals surface area contributed by atoms with Crippen molar-refractivity contribution in [2.45, 2.75) is 90.6 Å². The number of carbonyl (C=O) groups excluding carboxylic acids is 2. The number of rotatable bonds is 9. The van der Waals surface area contributed by atoms with E-state index in [1.54, 1.807) is 18.7 Å². The van der Waals surface area contributed by atoms with E-state index in [0.717, 1.165) is 12.8 Å². The molecule has 1 rings (SSSR count). The highest BCUT2D eigenvalue weighted by molar-refractivity contribution is 5.99. The molecule has 4 heteroatoms. The van der Waals surface area contributed by atoms with Gasteiger partial charge in [-0.1, -0.05) is 52.4 Å². The van der Waals surface area contributed by atoms with Crippen LogP contribution in [0.1, 0.15) is 79.1 Å². The van der Waals surface area contributed by atoms with Crippen molar-refractivity contribution >= 4 is 11.8 Å². The quantitative estimate of drug-likeness (QED) is 0.664.